The first-order chi connectivity index (χ1) is 9.78. The van der Waals surface area contributed by atoms with Crippen LogP contribution in [0.3, 0.4) is 0 Å². The lowest BCUT2D eigenvalue weighted by Crippen LogP contribution is -2.34. The number of rotatable bonds is 5. The highest BCUT2D eigenvalue weighted by Gasteiger charge is 2.42. The molecule has 1 N–H and O–H groups in total. The van der Waals surface area contributed by atoms with Crippen LogP contribution in [0, 0.1) is 17.8 Å². The molecule has 3 atom stereocenters. The number of hydrogen-bond donors (Lipinski definition) is 1. The second kappa shape index (κ2) is 5.86. The average molecular weight is 273 g/mol. The molecule has 3 heteroatoms. The van der Waals surface area contributed by atoms with Crippen molar-refractivity contribution < 1.29 is 9.53 Å². The van der Waals surface area contributed by atoms with Crippen LogP contribution in [0.4, 0.5) is 0 Å². The van der Waals surface area contributed by atoms with Gasteiger partial charge in [-0.25, -0.2) is 0 Å². The van der Waals surface area contributed by atoms with Gasteiger partial charge in [0, 0.05) is 12.5 Å². The molecule has 1 aromatic carbocycles. The van der Waals surface area contributed by atoms with Gasteiger partial charge in [-0.05, 0) is 49.1 Å². The fourth-order valence-electron chi connectivity index (χ4n) is 3.93. The highest BCUT2D eigenvalue weighted by molar-refractivity contribution is 5.79. The molecule has 3 nitrogen and oxygen atoms in total. The molecule has 0 saturated heterocycles. The molecular weight excluding hydrogens is 250 g/mol. The largest absolute Gasteiger partial charge is 0.496 e. The third-order valence-corrected chi connectivity index (χ3v) is 4.96. The van der Waals surface area contributed by atoms with Crippen molar-refractivity contribution >= 4 is 5.91 Å². The molecule has 2 bridgehead atoms. The van der Waals surface area contributed by atoms with Crippen LogP contribution >= 0.6 is 0 Å². The predicted octanol–water partition coefficient (Wildman–Crippen LogP) is 2.79. The lowest BCUT2D eigenvalue weighted by atomic mass is 9.88. The Balaban J connectivity index is 1.49. The molecule has 0 radical (unpaired) electrons. The van der Waals surface area contributed by atoms with Gasteiger partial charge in [-0.1, -0.05) is 24.6 Å². The summed E-state index contributed by atoms with van der Waals surface area (Å²) < 4.78 is 5.33. The first-order valence-corrected chi connectivity index (χ1v) is 7.67. The molecule has 1 amide bonds. The molecule has 0 aromatic heterocycles. The number of amides is 1. The summed E-state index contributed by atoms with van der Waals surface area (Å²) in [6, 6.07) is 8.00. The molecule has 20 heavy (non-hydrogen) atoms. The maximum Gasteiger partial charge on any atom is 0.223 e. The number of carbonyl (C=O) groups excluding carboxylic acids is 1. The van der Waals surface area contributed by atoms with Crippen LogP contribution in [0.2, 0.25) is 0 Å². The third kappa shape index (κ3) is 2.67. The molecule has 2 aliphatic rings. The molecule has 108 valence electrons. The van der Waals surface area contributed by atoms with Gasteiger partial charge >= 0.3 is 0 Å². The van der Waals surface area contributed by atoms with E-state index in [4.69, 9.17) is 4.74 Å². The Bertz CT molecular complexity index is 486. The molecule has 2 saturated carbocycles. The summed E-state index contributed by atoms with van der Waals surface area (Å²) in [6.07, 6.45) is 5.83. The van der Waals surface area contributed by atoms with E-state index in [1.807, 2.05) is 18.2 Å². The monoisotopic (exact) mass is 273 g/mol. The molecule has 2 fully saturated rings. The molecule has 0 aliphatic heterocycles. The number of carbonyl (C=O) groups is 1. The Labute approximate surface area is 120 Å². The van der Waals surface area contributed by atoms with Gasteiger partial charge in [-0.3, -0.25) is 4.79 Å². The highest BCUT2D eigenvalue weighted by atomic mass is 16.5. The van der Waals surface area contributed by atoms with E-state index in [0.29, 0.717) is 12.5 Å². The van der Waals surface area contributed by atoms with Gasteiger partial charge in [0.25, 0.3) is 0 Å². The summed E-state index contributed by atoms with van der Waals surface area (Å²) in [5, 5.41) is 3.11. The van der Waals surface area contributed by atoms with Crippen molar-refractivity contribution in [2.24, 2.45) is 17.8 Å². The van der Waals surface area contributed by atoms with Crippen LogP contribution in [-0.4, -0.2) is 19.6 Å². The van der Waals surface area contributed by atoms with E-state index in [2.05, 4.69) is 11.4 Å². The number of para-hydroxylation sites is 1. The number of nitrogens with one attached hydrogen (secondary N) is 1. The molecule has 3 rings (SSSR count). The minimum atomic E-state index is 0.270. The summed E-state index contributed by atoms with van der Waals surface area (Å²) in [5.41, 5.74) is 1.16. The van der Waals surface area contributed by atoms with E-state index >= 15 is 0 Å². The van der Waals surface area contributed by atoms with Crippen molar-refractivity contribution in [3.63, 3.8) is 0 Å². The quantitative estimate of drug-likeness (QED) is 0.896. The van der Waals surface area contributed by atoms with Gasteiger partial charge in [0.05, 0.1) is 7.11 Å². The van der Waals surface area contributed by atoms with Gasteiger partial charge in [-0.2, -0.15) is 0 Å². The van der Waals surface area contributed by atoms with E-state index < -0.39 is 0 Å². The minimum Gasteiger partial charge on any atom is -0.496 e. The smallest absolute Gasteiger partial charge is 0.223 e. The minimum absolute atomic E-state index is 0.270. The Hall–Kier alpha value is -1.51. The summed E-state index contributed by atoms with van der Waals surface area (Å²) in [5.74, 6) is 2.94. The van der Waals surface area contributed by atoms with Crippen molar-refractivity contribution in [2.75, 3.05) is 13.7 Å². The van der Waals surface area contributed by atoms with Crippen molar-refractivity contribution in [1.82, 2.24) is 5.32 Å². The van der Waals surface area contributed by atoms with Crippen LogP contribution in [0.15, 0.2) is 24.3 Å². The normalized spacial score (nSPS) is 27.6. The second-order valence-electron chi connectivity index (χ2n) is 6.13. The fraction of sp³-hybridized carbons (Fsp3) is 0.588. The molecule has 1 aromatic rings. The topological polar surface area (TPSA) is 38.3 Å². The molecule has 0 spiro atoms. The number of methoxy groups -OCH3 is 1. The summed E-state index contributed by atoms with van der Waals surface area (Å²) in [6.45, 7) is 0.701. The zero-order chi connectivity index (χ0) is 13.9. The highest BCUT2D eigenvalue weighted by Crippen LogP contribution is 2.48. The van der Waals surface area contributed by atoms with Crippen molar-refractivity contribution in [2.45, 2.75) is 32.1 Å². The van der Waals surface area contributed by atoms with Crippen molar-refractivity contribution in [3.8, 4) is 5.75 Å². The third-order valence-electron chi connectivity index (χ3n) is 4.96. The van der Waals surface area contributed by atoms with E-state index in [-0.39, 0.29) is 11.8 Å². The number of benzene rings is 1. The van der Waals surface area contributed by atoms with Crippen LogP contribution < -0.4 is 10.1 Å². The van der Waals surface area contributed by atoms with Gasteiger partial charge in [0.15, 0.2) is 0 Å². The summed E-state index contributed by atoms with van der Waals surface area (Å²) in [7, 11) is 1.69. The van der Waals surface area contributed by atoms with Gasteiger partial charge in [-0.15, -0.1) is 0 Å². The van der Waals surface area contributed by atoms with Gasteiger partial charge in [0.2, 0.25) is 5.91 Å². The summed E-state index contributed by atoms with van der Waals surface area (Å²) in [4.78, 5) is 12.2. The number of hydrogen-bond acceptors (Lipinski definition) is 2. The lowest BCUT2D eigenvalue weighted by molar-refractivity contribution is -0.126. The molecule has 2 aliphatic carbocycles. The molecule has 0 unspecified atom stereocenters. The predicted molar refractivity (Wildman–Crippen MR) is 78.6 cm³/mol. The average Bonchev–Trinajstić information content (AvgIpc) is 3.10. The zero-order valence-electron chi connectivity index (χ0n) is 12.1. The van der Waals surface area contributed by atoms with Crippen LogP contribution in [0.1, 0.15) is 31.2 Å². The maximum atomic E-state index is 12.2. The van der Waals surface area contributed by atoms with E-state index in [0.717, 1.165) is 30.1 Å². The van der Waals surface area contributed by atoms with Crippen molar-refractivity contribution in [3.05, 3.63) is 29.8 Å². The Kier molecular flexibility index (Phi) is 3.95. The Morgan fingerprint density at radius 3 is 2.85 bits per heavy atom. The van der Waals surface area contributed by atoms with Crippen LogP contribution in [0.5, 0.6) is 5.75 Å². The van der Waals surface area contributed by atoms with Gasteiger partial charge in [0.1, 0.15) is 5.75 Å². The number of ether oxygens (including phenoxy) is 1. The SMILES string of the molecule is COc1ccccc1CCNC(=O)[C@H]1C[C@H]2CC[C@H]1C2. The standard InChI is InChI=1S/C17H23NO2/c1-20-16-5-3-2-4-13(16)8-9-18-17(19)15-11-12-6-7-14(15)10-12/h2-5,12,14-15H,6-11H2,1H3,(H,18,19)/t12-,14-,15-/m0/s1. The Morgan fingerprint density at radius 2 is 2.15 bits per heavy atom. The second-order valence-corrected chi connectivity index (χ2v) is 6.13. The van der Waals surface area contributed by atoms with Gasteiger partial charge < -0.3 is 10.1 Å². The zero-order valence-corrected chi connectivity index (χ0v) is 12.1. The van der Waals surface area contributed by atoms with Crippen LogP contribution in [-0.2, 0) is 11.2 Å². The first-order valence-electron chi connectivity index (χ1n) is 7.67. The van der Waals surface area contributed by atoms with Crippen molar-refractivity contribution in [1.29, 1.82) is 0 Å². The Morgan fingerprint density at radius 1 is 1.30 bits per heavy atom. The first kappa shape index (κ1) is 13.5. The maximum absolute atomic E-state index is 12.2. The van der Waals surface area contributed by atoms with E-state index in [9.17, 15) is 4.79 Å². The van der Waals surface area contributed by atoms with Crippen LogP contribution in [0.25, 0.3) is 0 Å². The summed E-state index contributed by atoms with van der Waals surface area (Å²) >= 11 is 0. The van der Waals surface area contributed by atoms with E-state index in [1.165, 1.54) is 19.3 Å². The van der Waals surface area contributed by atoms with E-state index in [1.54, 1.807) is 7.11 Å². The number of fused-ring (bicyclic) bond motifs is 2. The molecular formula is C17H23NO2. The molecule has 0 heterocycles. The fourth-order valence-corrected chi connectivity index (χ4v) is 3.93. The lowest BCUT2D eigenvalue weighted by Gasteiger charge is -2.20.